The number of rotatable bonds is 4. The van der Waals surface area contributed by atoms with Gasteiger partial charge in [0.1, 0.15) is 0 Å². The monoisotopic (exact) mass is 325 g/mol. The van der Waals surface area contributed by atoms with E-state index in [-0.39, 0.29) is 5.69 Å². The molecule has 4 rings (SSSR count). The topological polar surface area (TPSA) is 91.2 Å². The number of hydrogen-bond donors (Lipinski definition) is 2. The Kier molecular flexibility index (Phi) is 3.96. The van der Waals surface area contributed by atoms with E-state index in [0.29, 0.717) is 11.7 Å². The van der Waals surface area contributed by atoms with Crippen LogP contribution in [0.3, 0.4) is 0 Å². The molecule has 0 amide bonds. The lowest BCUT2D eigenvalue weighted by Crippen LogP contribution is -2.46. The first-order chi connectivity index (χ1) is 11.8. The minimum atomic E-state index is -0.239. The van der Waals surface area contributed by atoms with E-state index in [0.717, 1.165) is 38.3 Å². The van der Waals surface area contributed by atoms with Gasteiger partial charge in [0.2, 0.25) is 5.65 Å². The molecule has 1 fully saturated rings. The smallest absolute Gasteiger partial charge is 0.347 e. The van der Waals surface area contributed by atoms with Gasteiger partial charge in [-0.3, -0.25) is 4.98 Å². The van der Waals surface area contributed by atoms with Crippen molar-refractivity contribution < 1.29 is 0 Å². The summed E-state index contributed by atoms with van der Waals surface area (Å²) >= 11 is 0. The number of fused-ring (bicyclic) bond motifs is 1. The van der Waals surface area contributed by atoms with E-state index < -0.39 is 0 Å². The maximum absolute atomic E-state index is 11.7. The number of nitrogens with zero attached hydrogens (tertiary/aromatic N) is 5. The van der Waals surface area contributed by atoms with Gasteiger partial charge in [0.15, 0.2) is 5.82 Å². The predicted molar refractivity (Wildman–Crippen MR) is 89.9 cm³/mol. The third kappa shape index (κ3) is 2.88. The molecule has 0 aromatic carbocycles. The first-order valence-electron chi connectivity index (χ1n) is 8.10. The van der Waals surface area contributed by atoms with Crippen molar-refractivity contribution in [3.8, 4) is 0 Å². The molecule has 0 saturated carbocycles. The minimum absolute atomic E-state index is 0.239. The molecular weight excluding hydrogens is 306 g/mol. The van der Waals surface area contributed by atoms with E-state index >= 15 is 0 Å². The summed E-state index contributed by atoms with van der Waals surface area (Å²) in [5.41, 5.74) is 1.51. The van der Waals surface area contributed by atoms with Gasteiger partial charge in [0.25, 0.3) is 0 Å². The Morgan fingerprint density at radius 1 is 1.38 bits per heavy atom. The van der Waals surface area contributed by atoms with Crippen molar-refractivity contribution in [2.75, 3.05) is 18.0 Å². The van der Waals surface area contributed by atoms with Gasteiger partial charge in [0.05, 0.1) is 0 Å². The van der Waals surface area contributed by atoms with Gasteiger partial charge in [0, 0.05) is 50.5 Å². The molecule has 4 heterocycles. The molecule has 0 unspecified atom stereocenters. The van der Waals surface area contributed by atoms with E-state index in [1.165, 1.54) is 9.96 Å². The van der Waals surface area contributed by atoms with Crippen LogP contribution in [-0.2, 0) is 6.54 Å². The van der Waals surface area contributed by atoms with E-state index in [9.17, 15) is 4.79 Å². The number of hydrogen-bond acceptors (Lipinski definition) is 6. The summed E-state index contributed by atoms with van der Waals surface area (Å²) in [7, 11) is 0. The Hall–Kier alpha value is -2.74. The van der Waals surface area contributed by atoms with E-state index in [1.807, 2.05) is 12.3 Å². The molecule has 0 bridgehead atoms. The van der Waals surface area contributed by atoms with Gasteiger partial charge >= 0.3 is 5.69 Å². The summed E-state index contributed by atoms with van der Waals surface area (Å²) in [6.45, 7) is 2.55. The first kappa shape index (κ1) is 14.8. The number of pyridine rings is 1. The summed E-state index contributed by atoms with van der Waals surface area (Å²) in [6.07, 6.45) is 9.13. The Bertz CT molecular complexity index is 873. The number of aromatic amines is 1. The highest BCUT2D eigenvalue weighted by Crippen LogP contribution is 2.20. The summed E-state index contributed by atoms with van der Waals surface area (Å²) in [5, 5.41) is 10.2. The number of aromatic nitrogens is 5. The van der Waals surface area contributed by atoms with Crippen LogP contribution in [-0.4, -0.2) is 43.7 Å². The van der Waals surface area contributed by atoms with Crippen molar-refractivity contribution in [3.63, 3.8) is 0 Å². The predicted octanol–water partition coefficient (Wildman–Crippen LogP) is 0.571. The SMILES string of the molecule is O=c1[nH]nc2c(N3CCC[C@H](NCc4cccnc4)C3)nccn12. The van der Waals surface area contributed by atoms with E-state index in [4.69, 9.17) is 0 Å². The van der Waals surface area contributed by atoms with Crippen LogP contribution in [0, 0.1) is 0 Å². The largest absolute Gasteiger partial charge is 0.352 e. The molecule has 1 saturated heterocycles. The average molecular weight is 325 g/mol. The second kappa shape index (κ2) is 6.40. The molecule has 8 nitrogen and oxygen atoms in total. The fourth-order valence-corrected chi connectivity index (χ4v) is 3.15. The van der Waals surface area contributed by atoms with E-state index in [2.05, 4.69) is 36.4 Å². The molecule has 124 valence electrons. The van der Waals surface area contributed by atoms with Crippen LogP contribution in [0.4, 0.5) is 5.82 Å². The van der Waals surface area contributed by atoms with Crippen LogP contribution < -0.4 is 15.9 Å². The van der Waals surface area contributed by atoms with Crippen LogP contribution >= 0.6 is 0 Å². The highest BCUT2D eigenvalue weighted by molar-refractivity contribution is 5.63. The maximum atomic E-state index is 11.7. The lowest BCUT2D eigenvalue weighted by molar-refractivity contribution is 0.420. The molecule has 2 N–H and O–H groups in total. The van der Waals surface area contributed by atoms with Crippen molar-refractivity contribution in [1.82, 2.24) is 29.9 Å². The van der Waals surface area contributed by atoms with Gasteiger partial charge in [-0.2, -0.15) is 0 Å². The molecule has 0 aliphatic carbocycles. The van der Waals surface area contributed by atoms with Gasteiger partial charge in [-0.25, -0.2) is 19.3 Å². The summed E-state index contributed by atoms with van der Waals surface area (Å²) < 4.78 is 1.50. The number of nitrogens with one attached hydrogen (secondary N) is 2. The summed E-state index contributed by atoms with van der Waals surface area (Å²) in [6, 6.07) is 4.38. The van der Waals surface area contributed by atoms with Gasteiger partial charge in [-0.1, -0.05) is 6.07 Å². The van der Waals surface area contributed by atoms with Crippen molar-refractivity contribution in [1.29, 1.82) is 0 Å². The number of anilines is 1. The molecule has 3 aromatic rings. The number of piperidine rings is 1. The fourth-order valence-electron chi connectivity index (χ4n) is 3.15. The Balaban J connectivity index is 1.49. The summed E-state index contributed by atoms with van der Waals surface area (Å²) in [5.74, 6) is 0.753. The van der Waals surface area contributed by atoms with E-state index in [1.54, 1.807) is 18.6 Å². The van der Waals surface area contributed by atoms with Crippen LogP contribution in [0.25, 0.3) is 5.65 Å². The lowest BCUT2D eigenvalue weighted by Gasteiger charge is -2.34. The molecule has 0 spiro atoms. The molecule has 1 aliphatic rings. The lowest BCUT2D eigenvalue weighted by atomic mass is 10.1. The molecule has 3 aromatic heterocycles. The molecule has 24 heavy (non-hydrogen) atoms. The zero-order chi connectivity index (χ0) is 16.4. The van der Waals surface area contributed by atoms with Gasteiger partial charge in [-0.05, 0) is 24.5 Å². The third-order valence-electron chi connectivity index (χ3n) is 4.36. The van der Waals surface area contributed by atoms with Crippen molar-refractivity contribution in [2.45, 2.75) is 25.4 Å². The second-order valence-corrected chi connectivity index (χ2v) is 6.00. The van der Waals surface area contributed by atoms with Gasteiger partial charge < -0.3 is 10.2 Å². The van der Waals surface area contributed by atoms with Crippen LogP contribution in [0.1, 0.15) is 18.4 Å². The third-order valence-corrected chi connectivity index (χ3v) is 4.36. The zero-order valence-electron chi connectivity index (χ0n) is 13.2. The van der Waals surface area contributed by atoms with Crippen molar-refractivity contribution >= 4 is 11.5 Å². The second-order valence-electron chi connectivity index (χ2n) is 6.00. The quantitative estimate of drug-likeness (QED) is 0.729. The summed E-state index contributed by atoms with van der Waals surface area (Å²) in [4.78, 5) is 22.5. The Morgan fingerprint density at radius 3 is 3.21 bits per heavy atom. The molecule has 8 heteroatoms. The van der Waals surface area contributed by atoms with Gasteiger partial charge in [-0.15, -0.1) is 5.10 Å². The first-order valence-corrected chi connectivity index (χ1v) is 8.10. The fraction of sp³-hybridized carbons (Fsp3) is 0.375. The Labute approximate surface area is 138 Å². The number of H-pyrrole nitrogens is 1. The highest BCUT2D eigenvalue weighted by Gasteiger charge is 2.23. The standard InChI is InChI=1S/C16H19N7O/c24-16-21-20-15-14(18-6-8-23(15)16)22-7-2-4-13(11-22)19-10-12-3-1-5-17-9-12/h1,3,5-6,8-9,13,19H,2,4,7,10-11H2,(H,21,24)/t13-/m0/s1. The molecule has 0 radical (unpaired) electrons. The minimum Gasteiger partial charge on any atom is -0.352 e. The molecule has 1 atom stereocenters. The van der Waals surface area contributed by atoms with Crippen LogP contribution in [0.15, 0.2) is 41.7 Å². The van der Waals surface area contributed by atoms with Crippen molar-refractivity contribution in [3.05, 3.63) is 53.0 Å². The molecular formula is C16H19N7O. The average Bonchev–Trinajstić information content (AvgIpc) is 3.02. The highest BCUT2D eigenvalue weighted by atomic mass is 16.1. The van der Waals surface area contributed by atoms with Crippen LogP contribution in [0.2, 0.25) is 0 Å². The normalized spacial score (nSPS) is 18.2. The maximum Gasteiger partial charge on any atom is 0.347 e. The van der Waals surface area contributed by atoms with Crippen molar-refractivity contribution in [2.24, 2.45) is 0 Å². The molecule has 1 aliphatic heterocycles. The zero-order valence-corrected chi connectivity index (χ0v) is 13.2. The Morgan fingerprint density at radius 2 is 2.33 bits per heavy atom. The van der Waals surface area contributed by atoms with Crippen LogP contribution in [0.5, 0.6) is 0 Å².